The number of nitrogens with zero attached hydrogens (tertiary/aromatic N) is 2. The van der Waals surface area contributed by atoms with Crippen molar-refractivity contribution < 1.29 is 5.11 Å². The van der Waals surface area contributed by atoms with Crippen LogP contribution >= 0.6 is 11.3 Å². The van der Waals surface area contributed by atoms with Crippen molar-refractivity contribution in [2.45, 2.75) is 13.8 Å². The van der Waals surface area contributed by atoms with Gasteiger partial charge >= 0.3 is 0 Å². The van der Waals surface area contributed by atoms with Gasteiger partial charge in [0, 0.05) is 17.3 Å². The maximum atomic E-state index is 12.2. The van der Waals surface area contributed by atoms with Gasteiger partial charge in [-0.25, -0.2) is 4.98 Å². The maximum absolute atomic E-state index is 12.2. The highest BCUT2D eigenvalue weighted by Gasteiger charge is 2.09. The number of thiazole rings is 1. The quantitative estimate of drug-likeness (QED) is 0.790. The number of phenolic OH excluding ortho intramolecular Hbond substituents is 1. The Kier molecular flexibility index (Phi) is 3.35. The van der Waals surface area contributed by atoms with Gasteiger partial charge in [0.1, 0.15) is 15.8 Å². The smallest absolute Gasteiger partial charge is 0.258 e. The molecule has 0 bridgehead atoms. The molecule has 1 aromatic carbocycles. The van der Waals surface area contributed by atoms with E-state index in [1.807, 2.05) is 38.2 Å². The fourth-order valence-corrected chi connectivity index (χ4v) is 3.07. The lowest BCUT2D eigenvalue weighted by molar-refractivity contribution is 0.475. The molecule has 0 aliphatic carbocycles. The number of hydrogen-bond acceptors (Lipinski definition) is 4. The van der Waals surface area contributed by atoms with Gasteiger partial charge in [0.05, 0.1) is 6.20 Å². The van der Waals surface area contributed by atoms with Crippen LogP contribution in [0.1, 0.15) is 11.1 Å². The monoisotopic (exact) mass is 298 g/mol. The number of rotatable bonds is 2. The number of aromatic nitrogens is 2. The van der Waals surface area contributed by atoms with Crippen LogP contribution in [0.2, 0.25) is 0 Å². The molecule has 3 rings (SSSR count). The summed E-state index contributed by atoms with van der Waals surface area (Å²) >= 11 is 1.45. The molecule has 0 saturated heterocycles. The molecular weight excluding hydrogens is 284 g/mol. The number of hydrogen-bond donors (Lipinski definition) is 1. The Morgan fingerprint density at radius 1 is 1.19 bits per heavy atom. The first-order chi connectivity index (χ1) is 10.0. The molecule has 0 unspecified atom stereocenters. The van der Waals surface area contributed by atoms with Gasteiger partial charge in [-0.15, -0.1) is 0 Å². The molecule has 2 aromatic heterocycles. The summed E-state index contributed by atoms with van der Waals surface area (Å²) in [5, 5.41) is 10.9. The van der Waals surface area contributed by atoms with E-state index in [9.17, 15) is 9.90 Å². The molecule has 0 aliphatic heterocycles. The Hall–Kier alpha value is -2.40. The number of phenols is 1. The van der Waals surface area contributed by atoms with Crippen molar-refractivity contribution in [1.82, 2.24) is 9.55 Å². The summed E-state index contributed by atoms with van der Waals surface area (Å²) < 4.78 is 1.63. The van der Waals surface area contributed by atoms with E-state index in [-0.39, 0.29) is 11.3 Å². The third-order valence-electron chi connectivity index (χ3n) is 3.18. The molecule has 0 aliphatic rings. The molecule has 0 atom stereocenters. The summed E-state index contributed by atoms with van der Waals surface area (Å²) in [5.74, 6) is 0.223. The molecule has 0 amide bonds. The van der Waals surface area contributed by atoms with Gasteiger partial charge < -0.3 is 5.11 Å². The van der Waals surface area contributed by atoms with Crippen molar-refractivity contribution in [3.8, 4) is 21.3 Å². The van der Waals surface area contributed by atoms with Crippen molar-refractivity contribution >= 4 is 11.3 Å². The van der Waals surface area contributed by atoms with Crippen molar-refractivity contribution in [2.75, 3.05) is 0 Å². The van der Waals surface area contributed by atoms with Crippen LogP contribution in [-0.4, -0.2) is 14.7 Å². The van der Waals surface area contributed by atoms with Crippen LogP contribution in [0.5, 0.6) is 5.75 Å². The summed E-state index contributed by atoms with van der Waals surface area (Å²) in [4.78, 5) is 16.6. The Labute approximate surface area is 126 Å². The fraction of sp³-hybridized carbons (Fsp3) is 0.125. The van der Waals surface area contributed by atoms with Crippen LogP contribution < -0.4 is 5.56 Å². The summed E-state index contributed by atoms with van der Waals surface area (Å²) in [6.45, 7) is 3.78. The Balaban J connectivity index is 2.07. The van der Waals surface area contributed by atoms with Crippen molar-refractivity contribution in [1.29, 1.82) is 0 Å². The predicted molar refractivity (Wildman–Crippen MR) is 84.3 cm³/mol. The van der Waals surface area contributed by atoms with Crippen molar-refractivity contribution in [2.24, 2.45) is 0 Å². The largest absolute Gasteiger partial charge is 0.508 e. The topological polar surface area (TPSA) is 55.1 Å². The second kappa shape index (κ2) is 5.18. The Morgan fingerprint density at radius 3 is 2.62 bits per heavy atom. The molecule has 21 heavy (non-hydrogen) atoms. The van der Waals surface area contributed by atoms with Gasteiger partial charge in [-0.3, -0.25) is 9.36 Å². The molecule has 0 spiro atoms. The zero-order chi connectivity index (χ0) is 15.0. The first-order valence-electron chi connectivity index (χ1n) is 6.50. The highest BCUT2D eigenvalue weighted by atomic mass is 32.1. The summed E-state index contributed by atoms with van der Waals surface area (Å²) in [5.41, 5.74) is 2.64. The molecule has 5 heteroatoms. The normalized spacial score (nSPS) is 10.8. The van der Waals surface area contributed by atoms with Gasteiger partial charge in [-0.1, -0.05) is 11.3 Å². The van der Waals surface area contributed by atoms with Gasteiger partial charge in [-0.05, 0) is 49.7 Å². The van der Waals surface area contributed by atoms with Gasteiger partial charge in [0.25, 0.3) is 5.56 Å². The van der Waals surface area contributed by atoms with Crippen LogP contribution in [-0.2, 0) is 0 Å². The third kappa shape index (κ3) is 2.60. The Morgan fingerprint density at radius 2 is 1.90 bits per heavy atom. The average Bonchev–Trinajstić information content (AvgIpc) is 2.93. The summed E-state index contributed by atoms with van der Waals surface area (Å²) in [6.07, 6.45) is 3.52. The second-order valence-corrected chi connectivity index (χ2v) is 5.94. The predicted octanol–water partition coefficient (Wildman–Crippen LogP) is 3.28. The number of aryl methyl sites for hydroxylation is 2. The van der Waals surface area contributed by atoms with E-state index in [2.05, 4.69) is 4.98 Å². The Bertz CT molecular complexity index is 847. The van der Waals surface area contributed by atoms with Crippen molar-refractivity contribution in [3.05, 3.63) is 64.2 Å². The SMILES string of the molecule is Cc1cc(C)c(=O)n(-c2cnc(-c3ccc(O)cc3)s2)c1. The van der Waals surface area contributed by atoms with Crippen LogP contribution in [0, 0.1) is 13.8 Å². The number of benzene rings is 1. The summed E-state index contributed by atoms with van der Waals surface area (Å²) in [6, 6.07) is 8.74. The van der Waals surface area contributed by atoms with Crippen LogP contribution in [0.4, 0.5) is 0 Å². The molecule has 0 fully saturated rings. The van der Waals surface area contributed by atoms with E-state index in [0.717, 1.165) is 26.7 Å². The number of pyridine rings is 1. The lowest BCUT2D eigenvalue weighted by Gasteiger charge is -2.04. The van der Waals surface area contributed by atoms with Crippen molar-refractivity contribution in [3.63, 3.8) is 0 Å². The van der Waals surface area contributed by atoms with E-state index >= 15 is 0 Å². The average molecular weight is 298 g/mol. The summed E-state index contributed by atoms with van der Waals surface area (Å²) in [7, 11) is 0. The molecular formula is C16H14N2O2S. The molecule has 4 nitrogen and oxygen atoms in total. The molecule has 106 valence electrons. The zero-order valence-corrected chi connectivity index (χ0v) is 12.5. The lowest BCUT2D eigenvalue weighted by Crippen LogP contribution is -2.19. The molecule has 1 N–H and O–H groups in total. The molecule has 3 aromatic rings. The van der Waals surface area contributed by atoms with E-state index in [1.54, 1.807) is 22.9 Å². The van der Waals surface area contributed by atoms with E-state index in [4.69, 9.17) is 0 Å². The first-order valence-corrected chi connectivity index (χ1v) is 7.32. The minimum absolute atomic E-state index is 0.0264. The minimum Gasteiger partial charge on any atom is -0.508 e. The van der Waals surface area contributed by atoms with E-state index in [0.29, 0.717) is 0 Å². The third-order valence-corrected chi connectivity index (χ3v) is 4.22. The molecule has 2 heterocycles. The van der Waals surface area contributed by atoms with Crippen LogP contribution in [0.15, 0.2) is 47.5 Å². The lowest BCUT2D eigenvalue weighted by atomic mass is 10.2. The van der Waals surface area contributed by atoms with Gasteiger partial charge in [0.15, 0.2) is 0 Å². The molecule has 0 radical (unpaired) electrons. The highest BCUT2D eigenvalue weighted by molar-refractivity contribution is 7.17. The first kappa shape index (κ1) is 13.6. The number of aromatic hydroxyl groups is 1. The van der Waals surface area contributed by atoms with Crippen LogP contribution in [0.25, 0.3) is 15.6 Å². The second-order valence-electron chi connectivity index (χ2n) is 4.93. The molecule has 0 saturated carbocycles. The van der Waals surface area contributed by atoms with Gasteiger partial charge in [0.2, 0.25) is 0 Å². The zero-order valence-electron chi connectivity index (χ0n) is 11.7. The maximum Gasteiger partial charge on any atom is 0.258 e. The minimum atomic E-state index is -0.0264. The van der Waals surface area contributed by atoms with E-state index in [1.165, 1.54) is 11.3 Å². The van der Waals surface area contributed by atoms with Crippen LogP contribution in [0.3, 0.4) is 0 Å². The van der Waals surface area contributed by atoms with E-state index < -0.39 is 0 Å². The highest BCUT2D eigenvalue weighted by Crippen LogP contribution is 2.28. The fourth-order valence-electron chi connectivity index (χ4n) is 2.17. The standard InChI is InChI=1S/C16H14N2O2S/c1-10-7-11(2)16(20)18(9-10)14-8-17-15(21-14)12-3-5-13(19)6-4-12/h3-9,19H,1-2H3. The van der Waals surface area contributed by atoms with Gasteiger partial charge in [-0.2, -0.15) is 0 Å².